The number of carbonyl (C=O) groups is 2. The molecule has 5 nitrogen and oxygen atoms in total. The van der Waals surface area contributed by atoms with Gasteiger partial charge in [0.2, 0.25) is 0 Å². The Balaban J connectivity index is 3.44. The molecule has 0 aromatic carbocycles. The second-order valence-electron chi connectivity index (χ2n) is 2.80. The van der Waals surface area contributed by atoms with Crippen molar-refractivity contribution >= 4 is 11.8 Å². The van der Waals surface area contributed by atoms with Crippen LogP contribution in [0.5, 0.6) is 0 Å². The topological polar surface area (TPSA) is 72.8 Å². The lowest BCUT2D eigenvalue weighted by Gasteiger charge is -2.09. The summed E-state index contributed by atoms with van der Waals surface area (Å²) in [6.45, 7) is 3.54. The number of carbonyl (C=O) groups excluding carboxylic acids is 2. The van der Waals surface area contributed by atoms with E-state index in [0.29, 0.717) is 6.61 Å². The fourth-order valence-corrected chi connectivity index (χ4v) is 0.804. The monoisotopic (exact) mass is 204 g/mol. The zero-order chi connectivity index (χ0) is 11.0. The number of ether oxygens (including phenoxy) is 2. The van der Waals surface area contributed by atoms with E-state index in [4.69, 9.17) is 9.84 Å². The summed E-state index contributed by atoms with van der Waals surface area (Å²) in [5.41, 5.74) is 0. The second kappa shape index (κ2) is 7.46. The van der Waals surface area contributed by atoms with Crippen LogP contribution in [-0.4, -0.2) is 36.4 Å². The SMILES string of the molecule is CCOC(O)CCOC(=O)CC(C)=O. The summed E-state index contributed by atoms with van der Waals surface area (Å²) in [5.74, 6) is -0.804. The molecule has 0 saturated carbocycles. The Morgan fingerprint density at radius 1 is 1.43 bits per heavy atom. The second-order valence-corrected chi connectivity index (χ2v) is 2.80. The zero-order valence-electron chi connectivity index (χ0n) is 8.49. The van der Waals surface area contributed by atoms with E-state index in [0.717, 1.165) is 0 Å². The highest BCUT2D eigenvalue weighted by atomic mass is 16.6. The van der Waals surface area contributed by atoms with Crippen LogP contribution in [0.1, 0.15) is 26.7 Å². The molecule has 0 spiro atoms. The number of aliphatic hydroxyl groups excluding tert-OH is 1. The third-order valence-corrected chi connectivity index (χ3v) is 1.38. The van der Waals surface area contributed by atoms with Crippen molar-refractivity contribution in [2.45, 2.75) is 33.0 Å². The number of esters is 1. The molecule has 1 atom stereocenters. The fourth-order valence-electron chi connectivity index (χ4n) is 0.804. The molecule has 0 amide bonds. The first-order valence-corrected chi connectivity index (χ1v) is 4.51. The van der Waals surface area contributed by atoms with Gasteiger partial charge in [0.05, 0.1) is 6.61 Å². The van der Waals surface area contributed by atoms with Gasteiger partial charge in [-0.1, -0.05) is 0 Å². The van der Waals surface area contributed by atoms with Gasteiger partial charge in [-0.25, -0.2) is 0 Å². The van der Waals surface area contributed by atoms with Gasteiger partial charge in [-0.2, -0.15) is 0 Å². The highest BCUT2D eigenvalue weighted by Crippen LogP contribution is 1.96. The normalized spacial score (nSPS) is 12.2. The van der Waals surface area contributed by atoms with Crippen molar-refractivity contribution in [1.29, 1.82) is 0 Å². The summed E-state index contributed by atoms with van der Waals surface area (Å²) < 4.78 is 9.47. The van der Waals surface area contributed by atoms with Gasteiger partial charge in [-0.05, 0) is 13.8 Å². The highest BCUT2D eigenvalue weighted by molar-refractivity contribution is 5.94. The van der Waals surface area contributed by atoms with E-state index in [2.05, 4.69) is 4.74 Å². The highest BCUT2D eigenvalue weighted by Gasteiger charge is 2.08. The predicted molar refractivity (Wildman–Crippen MR) is 48.5 cm³/mol. The standard InChI is InChI=1S/C9H16O5/c1-3-13-8(11)4-5-14-9(12)6-7(2)10/h8,11H,3-6H2,1-2H3. The molecule has 0 aliphatic heterocycles. The van der Waals surface area contributed by atoms with Crippen molar-refractivity contribution in [1.82, 2.24) is 0 Å². The fraction of sp³-hybridized carbons (Fsp3) is 0.778. The smallest absolute Gasteiger partial charge is 0.313 e. The molecule has 0 rings (SSSR count). The predicted octanol–water partition coefficient (Wildman–Crippen LogP) is 0.254. The molecule has 82 valence electrons. The van der Waals surface area contributed by atoms with Crippen molar-refractivity contribution in [3.05, 3.63) is 0 Å². The summed E-state index contributed by atoms with van der Waals surface area (Å²) in [6, 6.07) is 0. The number of ketones is 1. The van der Waals surface area contributed by atoms with Crippen LogP contribution in [-0.2, 0) is 19.1 Å². The Labute approximate surface area is 83.0 Å². The maximum absolute atomic E-state index is 10.8. The van der Waals surface area contributed by atoms with E-state index in [1.165, 1.54) is 6.92 Å². The van der Waals surface area contributed by atoms with E-state index >= 15 is 0 Å². The molecule has 5 heteroatoms. The number of rotatable bonds is 7. The first-order chi connectivity index (χ1) is 6.56. The van der Waals surface area contributed by atoms with E-state index in [1.807, 2.05) is 0 Å². The average molecular weight is 204 g/mol. The number of aliphatic hydroxyl groups is 1. The van der Waals surface area contributed by atoms with Gasteiger partial charge in [0.25, 0.3) is 0 Å². The first kappa shape index (κ1) is 13.1. The van der Waals surface area contributed by atoms with E-state index in [-0.39, 0.29) is 25.2 Å². The van der Waals surface area contributed by atoms with Crippen LogP contribution in [0, 0.1) is 0 Å². The van der Waals surface area contributed by atoms with Crippen LogP contribution in [0.4, 0.5) is 0 Å². The first-order valence-electron chi connectivity index (χ1n) is 4.51. The Morgan fingerprint density at radius 3 is 2.57 bits per heavy atom. The van der Waals surface area contributed by atoms with Gasteiger partial charge in [-0.3, -0.25) is 9.59 Å². The molecule has 1 unspecified atom stereocenters. The van der Waals surface area contributed by atoms with Crippen molar-refractivity contribution in [2.75, 3.05) is 13.2 Å². The molecule has 0 heterocycles. The lowest BCUT2D eigenvalue weighted by molar-refractivity contribution is -0.150. The summed E-state index contributed by atoms with van der Waals surface area (Å²) in [5, 5.41) is 9.06. The lowest BCUT2D eigenvalue weighted by Crippen LogP contribution is -2.17. The van der Waals surface area contributed by atoms with Gasteiger partial charge in [-0.15, -0.1) is 0 Å². The molecule has 0 fully saturated rings. The average Bonchev–Trinajstić information content (AvgIpc) is 2.02. The van der Waals surface area contributed by atoms with Crippen LogP contribution in [0.15, 0.2) is 0 Å². The minimum atomic E-state index is -0.912. The van der Waals surface area contributed by atoms with Crippen molar-refractivity contribution in [2.24, 2.45) is 0 Å². The zero-order valence-corrected chi connectivity index (χ0v) is 8.49. The molecule has 0 aliphatic carbocycles. The summed E-state index contributed by atoms with van der Waals surface area (Å²) in [4.78, 5) is 21.3. The largest absolute Gasteiger partial charge is 0.465 e. The summed E-state index contributed by atoms with van der Waals surface area (Å²) >= 11 is 0. The Hall–Kier alpha value is -0.940. The van der Waals surface area contributed by atoms with Crippen LogP contribution in [0.2, 0.25) is 0 Å². The van der Waals surface area contributed by atoms with Gasteiger partial charge in [0, 0.05) is 13.0 Å². The molecular weight excluding hydrogens is 188 g/mol. The Kier molecular flexibility index (Phi) is 6.96. The molecular formula is C9H16O5. The van der Waals surface area contributed by atoms with E-state index < -0.39 is 12.3 Å². The molecule has 0 aromatic heterocycles. The molecule has 0 aromatic rings. The summed E-state index contributed by atoms with van der Waals surface area (Å²) in [6.07, 6.45) is -0.910. The quantitative estimate of drug-likeness (QED) is 0.365. The van der Waals surface area contributed by atoms with Crippen LogP contribution in [0.3, 0.4) is 0 Å². The Bertz CT molecular complexity index is 190. The Morgan fingerprint density at radius 2 is 2.07 bits per heavy atom. The molecule has 1 N–H and O–H groups in total. The van der Waals surface area contributed by atoms with Crippen LogP contribution < -0.4 is 0 Å². The molecule has 0 radical (unpaired) electrons. The lowest BCUT2D eigenvalue weighted by atomic mass is 10.3. The van der Waals surface area contributed by atoms with Crippen LogP contribution in [0.25, 0.3) is 0 Å². The third kappa shape index (κ3) is 7.70. The summed E-state index contributed by atoms with van der Waals surface area (Å²) in [7, 11) is 0. The van der Waals surface area contributed by atoms with Crippen molar-refractivity contribution in [3.63, 3.8) is 0 Å². The van der Waals surface area contributed by atoms with E-state index in [9.17, 15) is 9.59 Å². The number of hydrogen-bond acceptors (Lipinski definition) is 5. The van der Waals surface area contributed by atoms with Gasteiger partial charge < -0.3 is 14.6 Å². The van der Waals surface area contributed by atoms with E-state index in [1.54, 1.807) is 6.92 Å². The maximum atomic E-state index is 10.8. The van der Waals surface area contributed by atoms with Crippen molar-refractivity contribution in [3.8, 4) is 0 Å². The number of Topliss-reactive ketones (excluding diaryl/α,β-unsaturated/α-hetero) is 1. The van der Waals surface area contributed by atoms with Gasteiger partial charge >= 0.3 is 5.97 Å². The molecule has 0 saturated heterocycles. The van der Waals surface area contributed by atoms with Crippen molar-refractivity contribution < 1.29 is 24.2 Å². The maximum Gasteiger partial charge on any atom is 0.313 e. The number of hydrogen-bond donors (Lipinski definition) is 1. The van der Waals surface area contributed by atoms with Gasteiger partial charge in [0.1, 0.15) is 12.2 Å². The minimum Gasteiger partial charge on any atom is -0.465 e. The molecule has 0 aliphatic rings. The van der Waals surface area contributed by atoms with Crippen LogP contribution >= 0.6 is 0 Å². The molecule has 0 bridgehead atoms. The van der Waals surface area contributed by atoms with Gasteiger partial charge in [0.15, 0.2) is 6.29 Å². The minimum absolute atomic E-state index is 0.0628. The third-order valence-electron chi connectivity index (χ3n) is 1.38. The molecule has 14 heavy (non-hydrogen) atoms.